The Balaban J connectivity index is 2.92. The normalized spacial score (nSPS) is 11.9. The first-order chi connectivity index (χ1) is 6.67. The average molecular weight is 189 g/mol. The topological polar surface area (TPSA) is 33.0 Å². The van der Waals surface area contributed by atoms with Gasteiger partial charge in [-0.15, -0.1) is 0 Å². The molecule has 1 aromatic carbocycles. The second-order valence-electron chi connectivity index (χ2n) is 3.45. The highest BCUT2D eigenvalue weighted by Crippen LogP contribution is 2.20. The van der Waals surface area contributed by atoms with E-state index in [1.807, 2.05) is 32.0 Å². The zero-order valence-corrected chi connectivity index (χ0v) is 8.87. The molecular weight excluding hydrogens is 174 g/mol. The fraction of sp³-hybridized carbons (Fsp3) is 0.417. The largest absolute Gasteiger partial charge is 0.489 e. The lowest BCUT2D eigenvalue weighted by molar-refractivity contribution is 0.217. The van der Waals surface area contributed by atoms with Gasteiger partial charge in [0.15, 0.2) is 0 Å². The number of ether oxygens (including phenoxy) is 1. The summed E-state index contributed by atoms with van der Waals surface area (Å²) >= 11 is 0. The maximum atomic E-state index is 8.90. The van der Waals surface area contributed by atoms with Gasteiger partial charge in [-0.2, -0.15) is 5.26 Å². The molecule has 14 heavy (non-hydrogen) atoms. The summed E-state index contributed by atoms with van der Waals surface area (Å²) in [5, 5.41) is 8.90. The van der Waals surface area contributed by atoms with Crippen molar-refractivity contribution < 1.29 is 4.74 Å². The van der Waals surface area contributed by atoms with Crippen LogP contribution in [0.4, 0.5) is 0 Å². The van der Waals surface area contributed by atoms with Gasteiger partial charge in [-0.05, 0) is 38.0 Å². The van der Waals surface area contributed by atoms with Crippen LogP contribution in [-0.2, 0) is 0 Å². The Hall–Kier alpha value is -1.49. The number of nitrogens with zero attached hydrogens (tertiary/aromatic N) is 1. The molecule has 0 spiro atoms. The van der Waals surface area contributed by atoms with Crippen LogP contribution in [0.5, 0.6) is 5.75 Å². The van der Waals surface area contributed by atoms with Crippen LogP contribution in [-0.4, -0.2) is 6.10 Å². The zero-order valence-electron chi connectivity index (χ0n) is 8.87. The van der Waals surface area contributed by atoms with Crippen molar-refractivity contribution in [3.8, 4) is 11.8 Å². The molecule has 0 unspecified atom stereocenters. The van der Waals surface area contributed by atoms with Crippen LogP contribution in [0.2, 0.25) is 0 Å². The quantitative estimate of drug-likeness (QED) is 0.732. The molecule has 1 rings (SSSR count). The summed E-state index contributed by atoms with van der Waals surface area (Å²) in [4.78, 5) is 0. The molecule has 1 atom stereocenters. The van der Waals surface area contributed by atoms with Crippen molar-refractivity contribution in [3.63, 3.8) is 0 Å². The summed E-state index contributed by atoms with van der Waals surface area (Å²) in [6, 6.07) is 7.80. The van der Waals surface area contributed by atoms with Crippen molar-refractivity contribution in [3.05, 3.63) is 29.3 Å². The summed E-state index contributed by atoms with van der Waals surface area (Å²) in [6.45, 7) is 6.03. The molecule has 0 aliphatic heterocycles. The van der Waals surface area contributed by atoms with E-state index in [9.17, 15) is 0 Å². The lowest BCUT2D eigenvalue weighted by Crippen LogP contribution is -2.10. The first kappa shape index (κ1) is 10.6. The average Bonchev–Trinajstić information content (AvgIpc) is 2.20. The number of aryl methyl sites for hydroxylation is 1. The van der Waals surface area contributed by atoms with E-state index in [4.69, 9.17) is 10.00 Å². The smallest absolute Gasteiger partial charge is 0.137 e. The van der Waals surface area contributed by atoms with Crippen LogP contribution in [0.15, 0.2) is 18.2 Å². The lowest BCUT2D eigenvalue weighted by atomic mass is 10.1. The highest BCUT2D eigenvalue weighted by Gasteiger charge is 2.06. The molecule has 0 amide bonds. The number of hydrogen-bond donors (Lipinski definition) is 0. The van der Waals surface area contributed by atoms with Gasteiger partial charge in [0.25, 0.3) is 0 Å². The van der Waals surface area contributed by atoms with E-state index in [0.717, 1.165) is 12.0 Å². The maximum absolute atomic E-state index is 8.90. The van der Waals surface area contributed by atoms with E-state index >= 15 is 0 Å². The third-order valence-electron chi connectivity index (χ3n) is 2.16. The van der Waals surface area contributed by atoms with Crippen molar-refractivity contribution in [1.82, 2.24) is 0 Å². The number of hydrogen-bond acceptors (Lipinski definition) is 2. The summed E-state index contributed by atoms with van der Waals surface area (Å²) in [5.41, 5.74) is 1.70. The molecule has 0 aliphatic carbocycles. The number of benzene rings is 1. The van der Waals surface area contributed by atoms with Gasteiger partial charge >= 0.3 is 0 Å². The molecule has 0 aliphatic rings. The van der Waals surface area contributed by atoms with E-state index in [0.29, 0.717) is 11.3 Å². The highest BCUT2D eigenvalue weighted by molar-refractivity contribution is 5.45. The van der Waals surface area contributed by atoms with E-state index in [2.05, 4.69) is 13.0 Å². The van der Waals surface area contributed by atoms with Crippen LogP contribution < -0.4 is 4.74 Å². The summed E-state index contributed by atoms with van der Waals surface area (Å²) in [6.07, 6.45) is 1.10. The Kier molecular flexibility index (Phi) is 3.53. The standard InChI is InChI=1S/C12H15NO/c1-4-10(3)14-12-6-5-9(2)7-11(12)8-13/h5-7,10H,4H2,1-3H3/t10-/m1/s1. The Morgan fingerprint density at radius 1 is 1.50 bits per heavy atom. The Morgan fingerprint density at radius 3 is 2.79 bits per heavy atom. The Bertz CT molecular complexity index is 352. The molecule has 0 N–H and O–H groups in total. The molecule has 0 fully saturated rings. The molecule has 1 aromatic rings. The highest BCUT2D eigenvalue weighted by atomic mass is 16.5. The van der Waals surface area contributed by atoms with Crippen molar-refractivity contribution >= 4 is 0 Å². The molecule has 2 nitrogen and oxygen atoms in total. The first-order valence-corrected chi connectivity index (χ1v) is 4.84. The van der Waals surface area contributed by atoms with Crippen molar-refractivity contribution in [2.45, 2.75) is 33.3 Å². The predicted molar refractivity (Wildman–Crippen MR) is 56.3 cm³/mol. The van der Waals surface area contributed by atoms with Gasteiger partial charge < -0.3 is 4.74 Å². The molecule has 2 heteroatoms. The molecule has 0 bridgehead atoms. The molecule has 0 saturated carbocycles. The van der Waals surface area contributed by atoms with Gasteiger partial charge in [0.05, 0.1) is 11.7 Å². The van der Waals surface area contributed by atoms with Crippen molar-refractivity contribution in [2.75, 3.05) is 0 Å². The fourth-order valence-electron chi connectivity index (χ4n) is 1.13. The van der Waals surface area contributed by atoms with Gasteiger partial charge in [0.1, 0.15) is 11.8 Å². The molecule has 0 radical (unpaired) electrons. The van der Waals surface area contributed by atoms with E-state index in [1.54, 1.807) is 0 Å². The van der Waals surface area contributed by atoms with Gasteiger partial charge in [-0.3, -0.25) is 0 Å². The molecule has 0 heterocycles. The monoisotopic (exact) mass is 189 g/mol. The summed E-state index contributed by atoms with van der Waals surface area (Å²) < 4.78 is 5.62. The van der Waals surface area contributed by atoms with Gasteiger partial charge in [-0.25, -0.2) is 0 Å². The number of rotatable bonds is 3. The second kappa shape index (κ2) is 4.66. The van der Waals surface area contributed by atoms with Gasteiger partial charge in [0.2, 0.25) is 0 Å². The van der Waals surface area contributed by atoms with Crippen LogP contribution in [0.1, 0.15) is 31.4 Å². The van der Waals surface area contributed by atoms with Crippen molar-refractivity contribution in [1.29, 1.82) is 5.26 Å². The second-order valence-corrected chi connectivity index (χ2v) is 3.45. The summed E-state index contributed by atoms with van der Waals surface area (Å²) in [5.74, 6) is 0.687. The summed E-state index contributed by atoms with van der Waals surface area (Å²) in [7, 11) is 0. The van der Waals surface area contributed by atoms with Crippen LogP contribution in [0.25, 0.3) is 0 Å². The first-order valence-electron chi connectivity index (χ1n) is 4.84. The number of nitriles is 1. The minimum atomic E-state index is 0.157. The minimum Gasteiger partial charge on any atom is -0.489 e. The molecular formula is C12H15NO. The predicted octanol–water partition coefficient (Wildman–Crippen LogP) is 3.04. The van der Waals surface area contributed by atoms with Gasteiger partial charge in [-0.1, -0.05) is 13.0 Å². The SMILES string of the molecule is CC[C@@H](C)Oc1ccc(C)cc1C#N. The van der Waals surface area contributed by atoms with E-state index in [-0.39, 0.29) is 6.10 Å². The Morgan fingerprint density at radius 2 is 2.21 bits per heavy atom. The maximum Gasteiger partial charge on any atom is 0.137 e. The van der Waals surface area contributed by atoms with Crippen LogP contribution in [0, 0.1) is 18.3 Å². The third kappa shape index (κ3) is 2.50. The minimum absolute atomic E-state index is 0.157. The zero-order chi connectivity index (χ0) is 10.6. The van der Waals surface area contributed by atoms with Crippen LogP contribution >= 0.6 is 0 Å². The van der Waals surface area contributed by atoms with Gasteiger partial charge in [0, 0.05) is 0 Å². The van der Waals surface area contributed by atoms with E-state index < -0.39 is 0 Å². The Labute approximate surface area is 85.1 Å². The molecule has 0 saturated heterocycles. The third-order valence-corrected chi connectivity index (χ3v) is 2.16. The van der Waals surface area contributed by atoms with E-state index in [1.165, 1.54) is 0 Å². The lowest BCUT2D eigenvalue weighted by Gasteiger charge is -2.13. The van der Waals surface area contributed by atoms with Crippen molar-refractivity contribution in [2.24, 2.45) is 0 Å². The fourth-order valence-corrected chi connectivity index (χ4v) is 1.13. The molecule has 0 aromatic heterocycles. The molecule has 74 valence electrons. The van der Waals surface area contributed by atoms with Crippen LogP contribution in [0.3, 0.4) is 0 Å².